The van der Waals surface area contributed by atoms with Gasteiger partial charge < -0.3 is 25.4 Å². The summed E-state index contributed by atoms with van der Waals surface area (Å²) >= 11 is 1.27. The van der Waals surface area contributed by atoms with Gasteiger partial charge >= 0.3 is 12.0 Å². The van der Waals surface area contributed by atoms with Crippen molar-refractivity contribution in [3.05, 3.63) is 42.0 Å². The van der Waals surface area contributed by atoms with Crippen LogP contribution >= 0.6 is 11.3 Å². The second-order valence-corrected chi connectivity index (χ2v) is 7.13. The van der Waals surface area contributed by atoms with Crippen LogP contribution in [0.25, 0.3) is 10.2 Å². The molecule has 3 aromatic rings. The summed E-state index contributed by atoms with van der Waals surface area (Å²) in [5, 5.41) is 8.51. The van der Waals surface area contributed by atoms with Crippen molar-refractivity contribution in [3.63, 3.8) is 0 Å². The fourth-order valence-corrected chi connectivity index (χ4v) is 3.60. The van der Waals surface area contributed by atoms with E-state index in [1.807, 2.05) is 0 Å². The normalized spacial score (nSPS) is 10.4. The number of amides is 3. The average Bonchev–Trinajstić information content (AvgIpc) is 3.09. The van der Waals surface area contributed by atoms with Gasteiger partial charge in [-0.25, -0.2) is 14.6 Å². The van der Waals surface area contributed by atoms with Crippen LogP contribution in [0.15, 0.2) is 36.4 Å². The first-order valence-electron chi connectivity index (χ1n) is 9.01. The maximum absolute atomic E-state index is 12.4. The fraction of sp³-hybridized carbons (Fsp3) is 0.200. The molecule has 0 aliphatic rings. The summed E-state index contributed by atoms with van der Waals surface area (Å²) in [7, 11) is 1.50. The van der Waals surface area contributed by atoms with Crippen LogP contribution in [0.4, 0.5) is 21.3 Å². The summed E-state index contributed by atoms with van der Waals surface area (Å²) < 4.78 is 11.0. The van der Waals surface area contributed by atoms with Gasteiger partial charge in [0.05, 0.1) is 24.0 Å². The minimum Gasteiger partial charge on any atom is -0.494 e. The Morgan fingerprint density at radius 3 is 2.37 bits per heavy atom. The molecule has 0 spiro atoms. The molecule has 0 atom stereocenters. The fourth-order valence-electron chi connectivity index (χ4n) is 2.63. The standard InChI is InChI=1S/C20H20N4O5S/c1-4-29-18(26)12-5-7-13(8-6-12)22-19(27)23-14-9-15(28-3)17-16(10-14)30-20(24-17)21-11(2)25/h5-10H,4H2,1-3H3,(H,21,24,25)(H2,22,23,27). The van der Waals surface area contributed by atoms with Gasteiger partial charge in [0.15, 0.2) is 5.13 Å². The number of aromatic nitrogens is 1. The summed E-state index contributed by atoms with van der Waals surface area (Å²) in [5.41, 5.74) is 2.00. The number of esters is 1. The number of nitrogens with zero attached hydrogens (tertiary/aromatic N) is 1. The van der Waals surface area contributed by atoms with Crippen LogP contribution in [0.1, 0.15) is 24.2 Å². The third kappa shape index (κ3) is 5.03. The predicted octanol–water partition coefficient (Wildman–Crippen LogP) is 4.08. The molecule has 1 heterocycles. The molecule has 3 amide bonds. The van der Waals surface area contributed by atoms with E-state index in [0.717, 1.165) is 4.70 Å². The molecule has 0 bridgehead atoms. The van der Waals surface area contributed by atoms with Crippen LogP contribution in [0.3, 0.4) is 0 Å². The lowest BCUT2D eigenvalue weighted by atomic mass is 10.2. The molecule has 156 valence electrons. The number of ether oxygens (including phenoxy) is 2. The van der Waals surface area contributed by atoms with E-state index in [9.17, 15) is 14.4 Å². The molecule has 0 fully saturated rings. The van der Waals surface area contributed by atoms with Gasteiger partial charge in [-0.2, -0.15) is 0 Å². The Balaban J connectivity index is 1.72. The number of methoxy groups -OCH3 is 1. The second-order valence-electron chi connectivity index (χ2n) is 6.10. The van der Waals surface area contributed by atoms with Gasteiger partial charge in [0, 0.05) is 24.4 Å². The minimum atomic E-state index is -0.466. The Kier molecular flexibility index (Phi) is 6.48. The number of hydrogen-bond acceptors (Lipinski definition) is 7. The van der Waals surface area contributed by atoms with Gasteiger partial charge in [-0.1, -0.05) is 11.3 Å². The number of carbonyl (C=O) groups is 3. The topological polar surface area (TPSA) is 119 Å². The lowest BCUT2D eigenvalue weighted by molar-refractivity contribution is -0.114. The summed E-state index contributed by atoms with van der Waals surface area (Å²) in [4.78, 5) is 39.6. The molecular formula is C20H20N4O5S. The minimum absolute atomic E-state index is 0.222. The van der Waals surface area contributed by atoms with E-state index < -0.39 is 12.0 Å². The number of urea groups is 1. The Bertz CT molecular complexity index is 1090. The Labute approximate surface area is 176 Å². The highest BCUT2D eigenvalue weighted by Crippen LogP contribution is 2.35. The number of hydrogen-bond donors (Lipinski definition) is 3. The second kappa shape index (κ2) is 9.23. The van der Waals surface area contributed by atoms with Crippen LogP contribution in [0.5, 0.6) is 5.75 Å². The van der Waals surface area contributed by atoms with Gasteiger partial charge in [0.1, 0.15) is 11.3 Å². The quantitative estimate of drug-likeness (QED) is 0.509. The molecule has 30 heavy (non-hydrogen) atoms. The van der Waals surface area contributed by atoms with E-state index in [1.54, 1.807) is 43.3 Å². The molecule has 10 heteroatoms. The highest BCUT2D eigenvalue weighted by atomic mass is 32.1. The average molecular weight is 428 g/mol. The molecule has 0 aliphatic heterocycles. The van der Waals surface area contributed by atoms with Crippen molar-refractivity contribution in [2.45, 2.75) is 13.8 Å². The van der Waals surface area contributed by atoms with Crippen molar-refractivity contribution in [3.8, 4) is 5.75 Å². The summed E-state index contributed by atoms with van der Waals surface area (Å²) in [5.74, 6) is -0.175. The molecule has 0 aliphatic carbocycles. The third-order valence-corrected chi connectivity index (χ3v) is 4.79. The largest absolute Gasteiger partial charge is 0.494 e. The first kappa shape index (κ1) is 21.1. The number of thiazole rings is 1. The number of carbonyl (C=O) groups excluding carboxylic acids is 3. The first-order valence-corrected chi connectivity index (χ1v) is 9.82. The van der Waals surface area contributed by atoms with Gasteiger partial charge in [0.25, 0.3) is 0 Å². The molecular weight excluding hydrogens is 408 g/mol. The zero-order chi connectivity index (χ0) is 21.7. The van der Waals surface area contributed by atoms with Crippen molar-refractivity contribution in [2.75, 3.05) is 29.7 Å². The van der Waals surface area contributed by atoms with Crippen molar-refractivity contribution in [2.24, 2.45) is 0 Å². The van der Waals surface area contributed by atoms with E-state index >= 15 is 0 Å². The highest BCUT2D eigenvalue weighted by molar-refractivity contribution is 7.22. The highest BCUT2D eigenvalue weighted by Gasteiger charge is 2.13. The van der Waals surface area contributed by atoms with E-state index in [1.165, 1.54) is 25.4 Å². The molecule has 9 nitrogen and oxygen atoms in total. The zero-order valence-electron chi connectivity index (χ0n) is 16.6. The zero-order valence-corrected chi connectivity index (χ0v) is 17.4. The molecule has 3 rings (SSSR count). The van der Waals surface area contributed by atoms with E-state index in [0.29, 0.717) is 39.9 Å². The van der Waals surface area contributed by atoms with Crippen LogP contribution < -0.4 is 20.7 Å². The van der Waals surface area contributed by atoms with Crippen molar-refractivity contribution in [1.29, 1.82) is 0 Å². The van der Waals surface area contributed by atoms with Gasteiger partial charge in [-0.3, -0.25) is 4.79 Å². The van der Waals surface area contributed by atoms with Crippen LogP contribution in [-0.2, 0) is 9.53 Å². The monoisotopic (exact) mass is 428 g/mol. The van der Waals surface area contributed by atoms with Crippen molar-refractivity contribution < 1.29 is 23.9 Å². The van der Waals surface area contributed by atoms with Gasteiger partial charge in [-0.05, 0) is 37.3 Å². The Hall–Kier alpha value is -3.66. The molecule has 0 saturated heterocycles. The van der Waals surface area contributed by atoms with Gasteiger partial charge in [0.2, 0.25) is 5.91 Å². The van der Waals surface area contributed by atoms with Crippen molar-refractivity contribution in [1.82, 2.24) is 4.98 Å². The molecule has 1 aromatic heterocycles. The number of fused-ring (bicyclic) bond motifs is 1. The maximum atomic E-state index is 12.4. The Morgan fingerprint density at radius 1 is 1.03 bits per heavy atom. The predicted molar refractivity (Wildman–Crippen MR) is 116 cm³/mol. The number of anilines is 3. The smallest absolute Gasteiger partial charge is 0.338 e. The summed E-state index contributed by atoms with van der Waals surface area (Å²) in [6.07, 6.45) is 0. The SMILES string of the molecule is CCOC(=O)c1ccc(NC(=O)Nc2cc(OC)c3nc(NC(C)=O)sc3c2)cc1. The van der Waals surface area contributed by atoms with E-state index in [4.69, 9.17) is 9.47 Å². The molecule has 3 N–H and O–H groups in total. The van der Waals surface area contributed by atoms with Crippen LogP contribution in [-0.4, -0.2) is 36.6 Å². The van der Waals surface area contributed by atoms with E-state index in [2.05, 4.69) is 20.9 Å². The number of rotatable bonds is 6. The van der Waals surface area contributed by atoms with Gasteiger partial charge in [-0.15, -0.1) is 0 Å². The van der Waals surface area contributed by atoms with Crippen molar-refractivity contribution >= 4 is 56.0 Å². The molecule has 0 radical (unpaired) electrons. The van der Waals surface area contributed by atoms with Crippen LogP contribution in [0, 0.1) is 0 Å². The summed E-state index contributed by atoms with van der Waals surface area (Å²) in [6.45, 7) is 3.43. The molecule has 0 unspecified atom stereocenters. The van der Waals surface area contributed by atoms with Crippen LogP contribution in [0.2, 0.25) is 0 Å². The number of benzene rings is 2. The number of nitrogens with one attached hydrogen (secondary N) is 3. The Morgan fingerprint density at radius 2 is 1.73 bits per heavy atom. The first-order chi connectivity index (χ1) is 14.4. The molecule has 2 aromatic carbocycles. The molecule has 0 saturated carbocycles. The maximum Gasteiger partial charge on any atom is 0.338 e. The third-order valence-electron chi connectivity index (χ3n) is 3.87. The van der Waals surface area contributed by atoms with E-state index in [-0.39, 0.29) is 5.91 Å². The summed E-state index contributed by atoms with van der Waals surface area (Å²) in [6, 6.07) is 9.28. The lowest BCUT2D eigenvalue weighted by Gasteiger charge is -2.10. The lowest BCUT2D eigenvalue weighted by Crippen LogP contribution is -2.19.